The molecule has 0 aliphatic rings. The second kappa shape index (κ2) is 6.75. The van der Waals surface area contributed by atoms with Crippen LogP contribution >= 0.6 is 35.0 Å². The van der Waals surface area contributed by atoms with Gasteiger partial charge in [0.2, 0.25) is 0 Å². The molecule has 0 radical (unpaired) electrons. The second-order valence-electron chi connectivity index (χ2n) is 5.65. The first-order valence-corrected chi connectivity index (χ1v) is 9.04. The van der Waals surface area contributed by atoms with E-state index in [2.05, 4.69) is 10.2 Å². The average molecular weight is 380 g/mol. The van der Waals surface area contributed by atoms with Crippen LogP contribution in [0, 0.1) is 20.8 Å². The van der Waals surface area contributed by atoms with Crippen molar-refractivity contribution in [1.29, 1.82) is 0 Å². The molecule has 0 saturated heterocycles. The molecule has 0 saturated carbocycles. The summed E-state index contributed by atoms with van der Waals surface area (Å²) in [5, 5.41) is 9.65. The summed E-state index contributed by atoms with van der Waals surface area (Å²) in [6, 6.07) is 5.60. The maximum Gasteiger partial charge on any atom is 0.196 e. The van der Waals surface area contributed by atoms with Crippen LogP contribution in [0.2, 0.25) is 10.0 Å². The van der Waals surface area contributed by atoms with E-state index in [9.17, 15) is 4.79 Å². The van der Waals surface area contributed by atoms with Crippen LogP contribution in [-0.2, 0) is 0 Å². The van der Waals surface area contributed by atoms with Crippen LogP contribution in [0.15, 0.2) is 29.6 Å². The lowest BCUT2D eigenvalue weighted by Gasteiger charge is -2.08. The number of aromatic nitrogens is 3. The van der Waals surface area contributed by atoms with Crippen molar-refractivity contribution in [2.75, 3.05) is 5.75 Å². The monoisotopic (exact) mass is 379 g/mol. The van der Waals surface area contributed by atoms with E-state index < -0.39 is 0 Å². The molecule has 0 N–H and O–H groups in total. The van der Waals surface area contributed by atoms with Gasteiger partial charge < -0.3 is 0 Å². The standard InChI is InChI=1S/C17H15Cl2N3OS/c1-9-4-11(3)13(5-10(9)2)15(23)8-24-17-21-20-16-14(19)6-12(18)7-22(16)17/h4-7H,8H2,1-3H3. The van der Waals surface area contributed by atoms with Gasteiger partial charge >= 0.3 is 0 Å². The first-order chi connectivity index (χ1) is 11.4. The van der Waals surface area contributed by atoms with Crippen molar-refractivity contribution in [3.05, 3.63) is 56.7 Å². The smallest absolute Gasteiger partial charge is 0.196 e. The highest BCUT2D eigenvalue weighted by Gasteiger charge is 2.15. The van der Waals surface area contributed by atoms with E-state index in [1.807, 2.05) is 32.9 Å². The van der Waals surface area contributed by atoms with E-state index >= 15 is 0 Å². The number of ketones is 1. The quantitative estimate of drug-likeness (QED) is 0.475. The van der Waals surface area contributed by atoms with Crippen molar-refractivity contribution >= 4 is 46.4 Å². The highest BCUT2D eigenvalue weighted by atomic mass is 35.5. The molecule has 2 aromatic heterocycles. The van der Waals surface area contributed by atoms with E-state index in [0.29, 0.717) is 20.8 Å². The topological polar surface area (TPSA) is 47.3 Å². The average Bonchev–Trinajstić information content (AvgIpc) is 2.91. The van der Waals surface area contributed by atoms with Crippen LogP contribution < -0.4 is 0 Å². The Morgan fingerprint density at radius 2 is 1.79 bits per heavy atom. The first kappa shape index (κ1) is 17.3. The molecule has 2 heterocycles. The summed E-state index contributed by atoms with van der Waals surface area (Å²) in [4.78, 5) is 12.6. The molecule has 3 aromatic rings. The second-order valence-corrected chi connectivity index (χ2v) is 7.43. The largest absolute Gasteiger partial charge is 0.293 e. The maximum absolute atomic E-state index is 12.6. The van der Waals surface area contributed by atoms with Gasteiger partial charge in [0.15, 0.2) is 16.6 Å². The lowest BCUT2D eigenvalue weighted by atomic mass is 9.99. The molecule has 24 heavy (non-hydrogen) atoms. The summed E-state index contributed by atoms with van der Waals surface area (Å²) in [5.74, 6) is 0.333. The number of aryl methyl sites for hydroxylation is 3. The lowest BCUT2D eigenvalue weighted by Crippen LogP contribution is -2.06. The fraction of sp³-hybridized carbons (Fsp3) is 0.235. The molecule has 0 spiro atoms. The molecule has 0 amide bonds. The maximum atomic E-state index is 12.6. The highest BCUT2D eigenvalue weighted by molar-refractivity contribution is 7.99. The van der Waals surface area contributed by atoms with Gasteiger partial charge in [-0.25, -0.2) is 0 Å². The number of thioether (sulfide) groups is 1. The molecule has 1 aromatic carbocycles. The molecule has 3 rings (SSSR count). The number of halogens is 2. The molecule has 0 aliphatic heterocycles. The minimum atomic E-state index is 0.0606. The third-order valence-corrected chi connectivity index (χ3v) is 5.30. The molecule has 7 heteroatoms. The normalized spacial score (nSPS) is 11.2. The van der Waals surface area contributed by atoms with E-state index in [1.54, 1.807) is 16.7 Å². The predicted octanol–water partition coefficient (Wildman–Crippen LogP) is 4.94. The number of carbonyl (C=O) groups is 1. The molecule has 0 atom stereocenters. The molecule has 0 fully saturated rings. The Bertz CT molecular complexity index is 953. The van der Waals surface area contributed by atoms with Gasteiger partial charge in [-0.1, -0.05) is 41.0 Å². The van der Waals surface area contributed by atoms with Crippen LogP contribution in [0.25, 0.3) is 5.65 Å². The van der Waals surface area contributed by atoms with Crippen LogP contribution in [0.3, 0.4) is 0 Å². The van der Waals surface area contributed by atoms with Gasteiger partial charge in [-0.2, -0.15) is 0 Å². The summed E-state index contributed by atoms with van der Waals surface area (Å²) in [5.41, 5.74) is 4.56. The zero-order valence-electron chi connectivity index (χ0n) is 13.4. The summed E-state index contributed by atoms with van der Waals surface area (Å²) in [6.07, 6.45) is 1.69. The molecule has 0 bridgehead atoms. The zero-order chi connectivity index (χ0) is 17.4. The Labute approximate surface area is 154 Å². The predicted molar refractivity (Wildman–Crippen MR) is 98.7 cm³/mol. The lowest BCUT2D eigenvalue weighted by molar-refractivity contribution is 0.102. The number of pyridine rings is 1. The van der Waals surface area contributed by atoms with Crippen molar-refractivity contribution in [3.8, 4) is 0 Å². The number of rotatable bonds is 4. The number of nitrogens with zero attached hydrogens (tertiary/aromatic N) is 3. The molecule has 0 aliphatic carbocycles. The SMILES string of the molecule is Cc1cc(C)c(C(=O)CSc2nnc3c(Cl)cc(Cl)cn23)cc1C. The van der Waals surface area contributed by atoms with Gasteiger partial charge in [0.1, 0.15) is 0 Å². The summed E-state index contributed by atoms with van der Waals surface area (Å²) in [6.45, 7) is 6.01. The van der Waals surface area contributed by atoms with Crippen molar-refractivity contribution < 1.29 is 4.79 Å². The van der Waals surface area contributed by atoms with Crippen LogP contribution in [0.1, 0.15) is 27.0 Å². The molecular weight excluding hydrogens is 365 g/mol. The Morgan fingerprint density at radius 1 is 1.08 bits per heavy atom. The minimum Gasteiger partial charge on any atom is -0.293 e. The van der Waals surface area contributed by atoms with E-state index in [4.69, 9.17) is 23.2 Å². The van der Waals surface area contributed by atoms with Crippen LogP contribution in [-0.4, -0.2) is 26.1 Å². The number of carbonyl (C=O) groups excluding carboxylic acids is 1. The third kappa shape index (κ3) is 3.29. The van der Waals surface area contributed by atoms with E-state index in [-0.39, 0.29) is 11.5 Å². The van der Waals surface area contributed by atoms with Gasteiger partial charge in [-0.15, -0.1) is 10.2 Å². The Hall–Kier alpha value is -1.56. The van der Waals surface area contributed by atoms with Crippen molar-refractivity contribution in [2.24, 2.45) is 0 Å². The first-order valence-electron chi connectivity index (χ1n) is 7.30. The van der Waals surface area contributed by atoms with Crippen molar-refractivity contribution in [1.82, 2.24) is 14.6 Å². The number of hydrogen-bond donors (Lipinski definition) is 0. The van der Waals surface area contributed by atoms with E-state index in [0.717, 1.165) is 16.7 Å². The molecule has 4 nitrogen and oxygen atoms in total. The fourth-order valence-corrected chi connectivity index (χ4v) is 3.77. The molecule has 0 unspecified atom stereocenters. The number of benzene rings is 1. The number of fused-ring (bicyclic) bond motifs is 1. The Balaban J connectivity index is 1.84. The van der Waals surface area contributed by atoms with Gasteiger partial charge in [0.25, 0.3) is 0 Å². The summed E-state index contributed by atoms with van der Waals surface area (Å²) in [7, 11) is 0. The molecular formula is C17H15Cl2N3OS. The summed E-state index contributed by atoms with van der Waals surface area (Å²) < 4.78 is 1.70. The number of hydrogen-bond acceptors (Lipinski definition) is 4. The van der Waals surface area contributed by atoms with Gasteiger partial charge in [-0.3, -0.25) is 9.20 Å². The number of Topliss-reactive ketones (excluding diaryl/α,β-unsaturated/α-hetero) is 1. The summed E-state index contributed by atoms with van der Waals surface area (Å²) >= 11 is 13.4. The van der Waals surface area contributed by atoms with Gasteiger partial charge in [-0.05, 0) is 49.6 Å². The molecule has 124 valence electrons. The van der Waals surface area contributed by atoms with E-state index in [1.165, 1.54) is 17.3 Å². The highest BCUT2D eigenvalue weighted by Crippen LogP contribution is 2.26. The van der Waals surface area contributed by atoms with Gasteiger partial charge in [0.05, 0.1) is 15.8 Å². The Morgan fingerprint density at radius 3 is 2.54 bits per heavy atom. The van der Waals surface area contributed by atoms with Gasteiger partial charge in [0, 0.05) is 11.8 Å². The third-order valence-electron chi connectivity index (χ3n) is 3.87. The van der Waals surface area contributed by atoms with Crippen LogP contribution in [0.4, 0.5) is 0 Å². The van der Waals surface area contributed by atoms with Crippen LogP contribution in [0.5, 0.6) is 0 Å². The minimum absolute atomic E-state index is 0.0606. The van der Waals surface area contributed by atoms with Crippen molar-refractivity contribution in [3.63, 3.8) is 0 Å². The fourth-order valence-electron chi connectivity index (χ4n) is 2.47. The Kier molecular flexibility index (Phi) is 4.85. The zero-order valence-corrected chi connectivity index (χ0v) is 15.8. The van der Waals surface area contributed by atoms with Crippen molar-refractivity contribution in [2.45, 2.75) is 25.9 Å².